The van der Waals surface area contributed by atoms with Crippen molar-refractivity contribution in [2.24, 2.45) is 23.2 Å². The van der Waals surface area contributed by atoms with Crippen LogP contribution in [0.4, 0.5) is 0 Å². The van der Waals surface area contributed by atoms with Crippen molar-refractivity contribution in [2.45, 2.75) is 58.4 Å². The first-order chi connectivity index (χ1) is 9.04. The molecule has 2 saturated carbocycles. The average molecular weight is 264 g/mol. The number of rotatable bonds is 3. The minimum Gasteiger partial charge on any atom is -0.353 e. The molecule has 1 saturated heterocycles. The quantitative estimate of drug-likeness (QED) is 0.821. The van der Waals surface area contributed by atoms with E-state index in [1.54, 1.807) is 0 Å². The first kappa shape index (κ1) is 13.4. The highest BCUT2D eigenvalue weighted by molar-refractivity contribution is 5.76. The van der Waals surface area contributed by atoms with Gasteiger partial charge in [-0.2, -0.15) is 0 Å². The second-order valence-corrected chi connectivity index (χ2v) is 7.71. The van der Waals surface area contributed by atoms with Crippen LogP contribution in [-0.4, -0.2) is 25.0 Å². The summed E-state index contributed by atoms with van der Waals surface area (Å²) < 4.78 is 0. The summed E-state index contributed by atoms with van der Waals surface area (Å²) in [7, 11) is 0. The fourth-order valence-electron chi connectivity index (χ4n) is 4.56. The minimum atomic E-state index is 0.183. The molecular formula is C16H28N2O. The lowest BCUT2D eigenvalue weighted by atomic mass is 9.79. The lowest BCUT2D eigenvalue weighted by Crippen LogP contribution is -2.54. The first-order valence-corrected chi connectivity index (χ1v) is 8.05. The van der Waals surface area contributed by atoms with E-state index in [1.165, 1.54) is 25.7 Å². The van der Waals surface area contributed by atoms with Crippen molar-refractivity contribution in [1.29, 1.82) is 0 Å². The van der Waals surface area contributed by atoms with Crippen LogP contribution in [-0.2, 0) is 4.79 Å². The van der Waals surface area contributed by atoms with Crippen LogP contribution in [0, 0.1) is 23.2 Å². The molecule has 2 bridgehead atoms. The van der Waals surface area contributed by atoms with E-state index in [-0.39, 0.29) is 5.41 Å². The van der Waals surface area contributed by atoms with Crippen molar-refractivity contribution in [2.75, 3.05) is 13.1 Å². The molecule has 19 heavy (non-hydrogen) atoms. The summed E-state index contributed by atoms with van der Waals surface area (Å²) in [5.74, 6) is 2.79. The Morgan fingerprint density at radius 1 is 1.26 bits per heavy atom. The first-order valence-electron chi connectivity index (χ1n) is 8.05. The highest BCUT2D eigenvalue weighted by atomic mass is 16.1. The Hall–Kier alpha value is -0.570. The molecule has 3 rings (SSSR count). The molecule has 1 heterocycles. The molecule has 1 amide bonds. The van der Waals surface area contributed by atoms with E-state index in [4.69, 9.17) is 0 Å². The fraction of sp³-hybridized carbons (Fsp3) is 0.938. The van der Waals surface area contributed by atoms with Crippen LogP contribution < -0.4 is 10.6 Å². The van der Waals surface area contributed by atoms with E-state index in [1.807, 2.05) is 0 Å². The fourth-order valence-corrected chi connectivity index (χ4v) is 4.56. The lowest BCUT2D eigenvalue weighted by molar-refractivity contribution is -0.124. The average Bonchev–Trinajstić information content (AvgIpc) is 2.93. The summed E-state index contributed by atoms with van der Waals surface area (Å²) in [6.45, 7) is 6.54. The molecule has 108 valence electrons. The van der Waals surface area contributed by atoms with Crippen LogP contribution in [0.25, 0.3) is 0 Å². The minimum absolute atomic E-state index is 0.183. The zero-order chi connectivity index (χ0) is 13.5. The maximum Gasteiger partial charge on any atom is 0.220 e. The molecule has 1 aliphatic heterocycles. The Labute approximate surface area is 116 Å². The number of hydrogen-bond acceptors (Lipinski definition) is 2. The van der Waals surface area contributed by atoms with Gasteiger partial charge in [-0.1, -0.05) is 20.3 Å². The van der Waals surface area contributed by atoms with Gasteiger partial charge < -0.3 is 10.6 Å². The molecule has 3 fully saturated rings. The number of hydrogen-bond donors (Lipinski definition) is 2. The molecule has 2 N–H and O–H groups in total. The molecular weight excluding hydrogens is 236 g/mol. The van der Waals surface area contributed by atoms with Crippen molar-refractivity contribution < 1.29 is 4.79 Å². The molecule has 3 aliphatic rings. The van der Waals surface area contributed by atoms with Crippen molar-refractivity contribution in [1.82, 2.24) is 10.6 Å². The van der Waals surface area contributed by atoms with Gasteiger partial charge in [0.05, 0.1) is 0 Å². The van der Waals surface area contributed by atoms with Crippen LogP contribution >= 0.6 is 0 Å². The molecule has 0 spiro atoms. The van der Waals surface area contributed by atoms with Gasteiger partial charge in [0.25, 0.3) is 0 Å². The summed E-state index contributed by atoms with van der Waals surface area (Å²) in [5.41, 5.74) is 0.183. The maximum atomic E-state index is 12.3. The monoisotopic (exact) mass is 264 g/mol. The smallest absolute Gasteiger partial charge is 0.220 e. The molecule has 3 heteroatoms. The van der Waals surface area contributed by atoms with E-state index >= 15 is 0 Å². The standard InChI is InChI=1S/C16H28N2O/c1-16(2)10-17-6-5-14(16)18-15(19)9-13-8-11-3-4-12(13)7-11/h11-14,17H,3-10H2,1-2H3,(H,18,19). The van der Waals surface area contributed by atoms with Crippen LogP contribution in [0.3, 0.4) is 0 Å². The van der Waals surface area contributed by atoms with E-state index in [0.29, 0.717) is 17.9 Å². The zero-order valence-corrected chi connectivity index (χ0v) is 12.4. The Bertz CT molecular complexity index is 353. The van der Waals surface area contributed by atoms with Crippen molar-refractivity contribution >= 4 is 5.91 Å². The summed E-state index contributed by atoms with van der Waals surface area (Å²) in [6, 6.07) is 0.347. The number of amides is 1. The predicted octanol–water partition coefficient (Wildman–Crippen LogP) is 2.32. The van der Waals surface area contributed by atoms with E-state index < -0.39 is 0 Å². The third kappa shape index (κ3) is 2.81. The van der Waals surface area contributed by atoms with Gasteiger partial charge >= 0.3 is 0 Å². The number of carbonyl (C=O) groups excluding carboxylic acids is 1. The molecule has 4 unspecified atom stereocenters. The van der Waals surface area contributed by atoms with Crippen molar-refractivity contribution in [3.05, 3.63) is 0 Å². The molecule has 0 aromatic carbocycles. The lowest BCUT2D eigenvalue weighted by Gasteiger charge is -2.39. The molecule has 4 atom stereocenters. The topological polar surface area (TPSA) is 41.1 Å². The number of nitrogens with one attached hydrogen (secondary N) is 2. The number of fused-ring (bicyclic) bond motifs is 2. The largest absolute Gasteiger partial charge is 0.353 e. The van der Waals surface area contributed by atoms with Gasteiger partial charge in [0.15, 0.2) is 0 Å². The van der Waals surface area contributed by atoms with Crippen LogP contribution in [0.2, 0.25) is 0 Å². The van der Waals surface area contributed by atoms with Crippen LogP contribution in [0.5, 0.6) is 0 Å². The highest BCUT2D eigenvalue weighted by Crippen LogP contribution is 2.49. The van der Waals surface area contributed by atoms with E-state index in [2.05, 4.69) is 24.5 Å². The molecule has 2 aliphatic carbocycles. The third-order valence-corrected chi connectivity index (χ3v) is 5.80. The van der Waals surface area contributed by atoms with Gasteiger partial charge in [-0.15, -0.1) is 0 Å². The maximum absolute atomic E-state index is 12.3. The van der Waals surface area contributed by atoms with E-state index in [9.17, 15) is 4.79 Å². The van der Waals surface area contributed by atoms with Gasteiger partial charge in [-0.25, -0.2) is 0 Å². The van der Waals surface area contributed by atoms with Gasteiger partial charge in [0.2, 0.25) is 5.91 Å². The highest BCUT2D eigenvalue weighted by Gasteiger charge is 2.41. The Balaban J connectivity index is 1.51. The predicted molar refractivity (Wildman–Crippen MR) is 76.8 cm³/mol. The van der Waals surface area contributed by atoms with Gasteiger partial charge in [-0.05, 0) is 55.4 Å². The Kier molecular flexibility index (Phi) is 3.59. The Morgan fingerprint density at radius 2 is 2.11 bits per heavy atom. The second kappa shape index (κ2) is 5.08. The zero-order valence-electron chi connectivity index (χ0n) is 12.4. The second-order valence-electron chi connectivity index (χ2n) is 7.71. The van der Waals surface area contributed by atoms with E-state index in [0.717, 1.165) is 37.8 Å². The summed E-state index contributed by atoms with van der Waals surface area (Å²) in [6.07, 6.45) is 7.35. The number of piperidine rings is 1. The normalized spacial score (nSPS) is 40.3. The number of carbonyl (C=O) groups is 1. The van der Waals surface area contributed by atoms with Crippen molar-refractivity contribution in [3.8, 4) is 0 Å². The van der Waals surface area contributed by atoms with Gasteiger partial charge in [0.1, 0.15) is 0 Å². The van der Waals surface area contributed by atoms with Gasteiger partial charge in [0, 0.05) is 19.0 Å². The molecule has 0 radical (unpaired) electrons. The SMILES string of the molecule is CC1(C)CNCCC1NC(=O)CC1CC2CCC1C2. The van der Waals surface area contributed by atoms with Crippen LogP contribution in [0.1, 0.15) is 52.4 Å². The Morgan fingerprint density at radius 3 is 2.74 bits per heavy atom. The summed E-state index contributed by atoms with van der Waals surface area (Å²) >= 11 is 0. The van der Waals surface area contributed by atoms with Gasteiger partial charge in [-0.3, -0.25) is 4.79 Å². The molecule has 3 nitrogen and oxygen atoms in total. The summed E-state index contributed by atoms with van der Waals surface area (Å²) in [4.78, 5) is 12.3. The van der Waals surface area contributed by atoms with Crippen LogP contribution in [0.15, 0.2) is 0 Å². The molecule has 0 aromatic rings. The van der Waals surface area contributed by atoms with Crippen molar-refractivity contribution in [3.63, 3.8) is 0 Å². The third-order valence-electron chi connectivity index (χ3n) is 5.80. The summed E-state index contributed by atoms with van der Waals surface area (Å²) in [5, 5.41) is 6.74. The molecule has 0 aromatic heterocycles.